The van der Waals surface area contributed by atoms with Crippen molar-refractivity contribution < 1.29 is 4.79 Å². The van der Waals surface area contributed by atoms with Crippen LogP contribution in [0.4, 0.5) is 5.69 Å². The predicted octanol–water partition coefficient (Wildman–Crippen LogP) is 0.854. The highest BCUT2D eigenvalue weighted by molar-refractivity contribution is 5.96. The molecule has 0 aromatic carbocycles. The van der Waals surface area contributed by atoms with Crippen LogP contribution in [-0.2, 0) is 7.05 Å². The van der Waals surface area contributed by atoms with Gasteiger partial charge in [-0.3, -0.25) is 9.48 Å². The number of amides is 1. The number of aryl methyl sites for hydroxylation is 1. The number of hydrogen-bond donors (Lipinski definition) is 2. The minimum absolute atomic E-state index is 0.186. The van der Waals surface area contributed by atoms with Gasteiger partial charge in [-0.15, -0.1) is 0 Å². The lowest BCUT2D eigenvalue weighted by Crippen LogP contribution is -2.38. The van der Waals surface area contributed by atoms with Gasteiger partial charge in [0.05, 0.1) is 5.69 Å². The number of nitrogens with one attached hydrogen (secondary N) is 1. The molecule has 20 heavy (non-hydrogen) atoms. The molecule has 0 aliphatic carbocycles. The topological polar surface area (TPSA) is 76.2 Å². The molecule has 2 heterocycles. The number of hydrogen-bond acceptors (Lipinski definition) is 4. The van der Waals surface area contributed by atoms with E-state index in [9.17, 15) is 4.79 Å². The van der Waals surface area contributed by atoms with E-state index in [0.29, 0.717) is 23.8 Å². The fourth-order valence-corrected chi connectivity index (χ4v) is 2.68. The molecule has 1 saturated heterocycles. The van der Waals surface area contributed by atoms with Gasteiger partial charge in [0.25, 0.3) is 5.91 Å². The predicted molar refractivity (Wildman–Crippen MR) is 79.4 cm³/mol. The largest absolute Gasteiger partial charge is 0.396 e. The molecule has 1 aromatic heterocycles. The van der Waals surface area contributed by atoms with Crippen LogP contribution in [-0.4, -0.2) is 46.8 Å². The van der Waals surface area contributed by atoms with Crippen LogP contribution in [0.2, 0.25) is 0 Å². The maximum atomic E-state index is 12.0. The van der Waals surface area contributed by atoms with Crippen LogP contribution < -0.4 is 11.1 Å². The van der Waals surface area contributed by atoms with Crippen LogP contribution in [0.3, 0.4) is 0 Å². The second-order valence-corrected chi connectivity index (χ2v) is 5.78. The van der Waals surface area contributed by atoms with Crippen molar-refractivity contribution in [2.75, 3.05) is 31.9 Å². The Labute approximate surface area is 120 Å². The van der Waals surface area contributed by atoms with Crippen molar-refractivity contribution in [2.24, 2.45) is 13.0 Å². The summed E-state index contributed by atoms with van der Waals surface area (Å²) >= 11 is 0. The molecule has 112 valence electrons. The molecule has 1 amide bonds. The summed E-state index contributed by atoms with van der Waals surface area (Å²) in [6.07, 6.45) is 5.58. The van der Waals surface area contributed by atoms with E-state index in [1.807, 2.05) is 0 Å². The Morgan fingerprint density at radius 1 is 1.45 bits per heavy atom. The molecule has 1 aliphatic rings. The van der Waals surface area contributed by atoms with Crippen LogP contribution in [0.25, 0.3) is 0 Å². The summed E-state index contributed by atoms with van der Waals surface area (Å²) < 4.78 is 1.56. The van der Waals surface area contributed by atoms with E-state index in [-0.39, 0.29) is 5.91 Å². The van der Waals surface area contributed by atoms with Crippen LogP contribution in [0.5, 0.6) is 0 Å². The molecule has 1 unspecified atom stereocenters. The summed E-state index contributed by atoms with van der Waals surface area (Å²) in [5.41, 5.74) is 6.49. The van der Waals surface area contributed by atoms with Crippen molar-refractivity contribution in [3.63, 3.8) is 0 Å². The zero-order valence-electron chi connectivity index (χ0n) is 12.4. The van der Waals surface area contributed by atoms with Gasteiger partial charge in [-0.05, 0) is 31.8 Å². The Hall–Kier alpha value is -1.56. The summed E-state index contributed by atoms with van der Waals surface area (Å²) in [4.78, 5) is 14.5. The number of nitrogen functional groups attached to an aromatic ring is 1. The van der Waals surface area contributed by atoms with E-state index in [2.05, 4.69) is 22.2 Å². The monoisotopic (exact) mass is 279 g/mol. The smallest absolute Gasteiger partial charge is 0.273 e. The van der Waals surface area contributed by atoms with Gasteiger partial charge < -0.3 is 16.0 Å². The molecule has 0 radical (unpaired) electrons. The lowest BCUT2D eigenvalue weighted by atomic mass is 10.1. The SMILES string of the molecule is CC(CNC(=O)c1nn(C)cc1N)CN1CCCCC1. The number of aromatic nitrogens is 2. The highest BCUT2D eigenvalue weighted by Crippen LogP contribution is 2.11. The first-order valence-corrected chi connectivity index (χ1v) is 7.36. The van der Waals surface area contributed by atoms with E-state index in [4.69, 9.17) is 5.73 Å². The second-order valence-electron chi connectivity index (χ2n) is 5.78. The van der Waals surface area contributed by atoms with Crippen molar-refractivity contribution in [1.29, 1.82) is 0 Å². The van der Waals surface area contributed by atoms with Crippen LogP contribution in [0, 0.1) is 5.92 Å². The third-order valence-electron chi connectivity index (χ3n) is 3.70. The van der Waals surface area contributed by atoms with Gasteiger partial charge in [0.2, 0.25) is 0 Å². The van der Waals surface area contributed by atoms with Crippen LogP contribution in [0.1, 0.15) is 36.7 Å². The Morgan fingerprint density at radius 3 is 2.75 bits per heavy atom. The fourth-order valence-electron chi connectivity index (χ4n) is 2.68. The summed E-state index contributed by atoms with van der Waals surface area (Å²) in [7, 11) is 1.76. The highest BCUT2D eigenvalue weighted by atomic mass is 16.2. The normalized spacial score (nSPS) is 17.9. The number of rotatable bonds is 5. The zero-order valence-corrected chi connectivity index (χ0v) is 12.4. The molecule has 2 rings (SSSR count). The zero-order chi connectivity index (χ0) is 14.5. The lowest BCUT2D eigenvalue weighted by molar-refractivity contribution is 0.0937. The van der Waals surface area contributed by atoms with Gasteiger partial charge >= 0.3 is 0 Å². The minimum atomic E-state index is -0.186. The average Bonchev–Trinajstić information content (AvgIpc) is 2.76. The summed E-state index contributed by atoms with van der Waals surface area (Å²) in [5.74, 6) is 0.246. The van der Waals surface area contributed by atoms with Crippen LogP contribution >= 0.6 is 0 Å². The third kappa shape index (κ3) is 3.96. The first-order valence-electron chi connectivity index (χ1n) is 7.36. The van der Waals surface area contributed by atoms with Crippen molar-refractivity contribution in [1.82, 2.24) is 20.0 Å². The molecular weight excluding hydrogens is 254 g/mol. The fraction of sp³-hybridized carbons (Fsp3) is 0.714. The number of anilines is 1. The second kappa shape index (κ2) is 6.74. The van der Waals surface area contributed by atoms with E-state index in [1.54, 1.807) is 17.9 Å². The maximum Gasteiger partial charge on any atom is 0.273 e. The van der Waals surface area contributed by atoms with Crippen molar-refractivity contribution >= 4 is 11.6 Å². The minimum Gasteiger partial charge on any atom is -0.396 e. The Kier molecular flexibility index (Phi) is 5.00. The number of nitrogens with zero attached hydrogens (tertiary/aromatic N) is 3. The molecule has 0 saturated carbocycles. The molecule has 1 atom stereocenters. The molecule has 0 bridgehead atoms. The number of piperidine rings is 1. The summed E-state index contributed by atoms with van der Waals surface area (Å²) in [5, 5.41) is 6.99. The van der Waals surface area contributed by atoms with Gasteiger partial charge in [-0.25, -0.2) is 0 Å². The number of carbonyl (C=O) groups is 1. The van der Waals surface area contributed by atoms with Gasteiger partial charge in [-0.1, -0.05) is 13.3 Å². The Balaban J connectivity index is 1.76. The molecule has 1 fully saturated rings. The lowest BCUT2D eigenvalue weighted by Gasteiger charge is -2.29. The van der Waals surface area contributed by atoms with Crippen molar-refractivity contribution in [3.05, 3.63) is 11.9 Å². The first kappa shape index (κ1) is 14.8. The van der Waals surface area contributed by atoms with Gasteiger partial charge in [0.1, 0.15) is 0 Å². The third-order valence-corrected chi connectivity index (χ3v) is 3.70. The molecule has 3 N–H and O–H groups in total. The number of nitrogens with two attached hydrogens (primary N) is 1. The summed E-state index contributed by atoms with van der Waals surface area (Å²) in [6.45, 7) is 6.23. The quantitative estimate of drug-likeness (QED) is 0.838. The molecule has 1 aromatic rings. The first-order chi connectivity index (χ1) is 9.56. The maximum absolute atomic E-state index is 12.0. The molecule has 0 spiro atoms. The number of likely N-dealkylation sites (tertiary alicyclic amines) is 1. The average molecular weight is 279 g/mol. The van der Waals surface area contributed by atoms with E-state index >= 15 is 0 Å². The van der Waals surface area contributed by atoms with E-state index in [1.165, 1.54) is 32.4 Å². The standard InChI is InChI=1S/C14H25N5O/c1-11(9-19-6-4-3-5-7-19)8-16-14(20)13-12(15)10-18(2)17-13/h10-11H,3-9,15H2,1-2H3,(H,16,20). The Bertz CT molecular complexity index is 450. The number of carbonyl (C=O) groups excluding carboxylic acids is 1. The van der Waals surface area contributed by atoms with E-state index < -0.39 is 0 Å². The van der Waals surface area contributed by atoms with Gasteiger partial charge in [0.15, 0.2) is 5.69 Å². The van der Waals surface area contributed by atoms with E-state index in [0.717, 1.165) is 6.54 Å². The molecular formula is C14H25N5O. The van der Waals surface area contributed by atoms with Gasteiger partial charge in [-0.2, -0.15) is 5.10 Å². The Morgan fingerprint density at radius 2 is 2.15 bits per heavy atom. The van der Waals surface area contributed by atoms with Crippen LogP contribution in [0.15, 0.2) is 6.20 Å². The van der Waals surface area contributed by atoms with Crippen molar-refractivity contribution in [2.45, 2.75) is 26.2 Å². The highest BCUT2D eigenvalue weighted by Gasteiger charge is 2.17. The summed E-state index contributed by atoms with van der Waals surface area (Å²) in [6, 6.07) is 0. The molecule has 6 heteroatoms. The van der Waals surface area contributed by atoms with Gasteiger partial charge in [0, 0.05) is 26.3 Å². The molecule has 6 nitrogen and oxygen atoms in total. The molecule has 1 aliphatic heterocycles. The van der Waals surface area contributed by atoms with Crippen molar-refractivity contribution in [3.8, 4) is 0 Å².